The van der Waals surface area contributed by atoms with Crippen LogP contribution in [0.25, 0.3) is 0 Å². The number of amides is 1. The number of nitrogens with zero attached hydrogens (tertiary/aromatic N) is 1. The summed E-state index contributed by atoms with van der Waals surface area (Å²) in [4.78, 5) is 25.3. The fourth-order valence-electron chi connectivity index (χ4n) is 3.93. The second-order valence-corrected chi connectivity index (χ2v) is 6.55. The van der Waals surface area contributed by atoms with Crippen LogP contribution in [-0.4, -0.2) is 36.5 Å². The Labute approximate surface area is 114 Å². The SMILES string of the molecule is O=C1C[C@@H](CC(=O)N2CCC3(CCCC3)CC2)CO1. The van der Waals surface area contributed by atoms with Crippen molar-refractivity contribution in [3.63, 3.8) is 0 Å². The summed E-state index contributed by atoms with van der Waals surface area (Å²) in [6.45, 7) is 2.27. The van der Waals surface area contributed by atoms with E-state index in [-0.39, 0.29) is 17.8 Å². The average molecular weight is 265 g/mol. The molecule has 0 aromatic heterocycles. The maximum atomic E-state index is 12.2. The monoisotopic (exact) mass is 265 g/mol. The summed E-state index contributed by atoms with van der Waals surface area (Å²) in [5.41, 5.74) is 0.559. The van der Waals surface area contributed by atoms with Gasteiger partial charge in [0.1, 0.15) is 0 Å². The Bertz CT molecular complexity index is 364. The molecule has 4 nitrogen and oxygen atoms in total. The first-order valence-electron chi connectivity index (χ1n) is 7.60. The number of hydrogen-bond donors (Lipinski definition) is 0. The van der Waals surface area contributed by atoms with Crippen LogP contribution in [0.4, 0.5) is 0 Å². The lowest BCUT2D eigenvalue weighted by molar-refractivity contribution is -0.138. The minimum atomic E-state index is -0.152. The van der Waals surface area contributed by atoms with Gasteiger partial charge in [-0.15, -0.1) is 0 Å². The second-order valence-electron chi connectivity index (χ2n) is 6.55. The zero-order chi connectivity index (χ0) is 13.3. The van der Waals surface area contributed by atoms with E-state index >= 15 is 0 Å². The lowest BCUT2D eigenvalue weighted by Crippen LogP contribution is -2.42. The first-order valence-corrected chi connectivity index (χ1v) is 7.60. The molecule has 1 aliphatic carbocycles. The highest BCUT2D eigenvalue weighted by Crippen LogP contribution is 2.46. The molecule has 3 rings (SSSR count). The normalized spacial score (nSPS) is 29.8. The standard InChI is InChI=1S/C15H23NO3/c17-13(9-12-10-14(18)19-11-12)16-7-5-15(6-8-16)3-1-2-4-15/h12H,1-11H2/t12-/m1/s1. The molecule has 1 atom stereocenters. The molecule has 0 aromatic carbocycles. The summed E-state index contributed by atoms with van der Waals surface area (Å²) in [7, 11) is 0. The lowest BCUT2D eigenvalue weighted by Gasteiger charge is -2.39. The molecule has 19 heavy (non-hydrogen) atoms. The maximum Gasteiger partial charge on any atom is 0.306 e. The molecular formula is C15H23NO3. The Hall–Kier alpha value is -1.06. The van der Waals surface area contributed by atoms with Gasteiger partial charge in [-0.05, 0) is 31.1 Å². The number of esters is 1. The van der Waals surface area contributed by atoms with E-state index < -0.39 is 0 Å². The highest BCUT2D eigenvalue weighted by Gasteiger charge is 2.38. The zero-order valence-corrected chi connectivity index (χ0v) is 11.5. The summed E-state index contributed by atoms with van der Waals surface area (Å²) in [6, 6.07) is 0. The van der Waals surface area contributed by atoms with Crippen LogP contribution < -0.4 is 0 Å². The number of carbonyl (C=O) groups is 2. The Balaban J connectivity index is 1.48. The molecule has 0 N–H and O–H groups in total. The van der Waals surface area contributed by atoms with Gasteiger partial charge in [-0.1, -0.05) is 12.8 Å². The van der Waals surface area contributed by atoms with E-state index in [1.165, 1.54) is 38.5 Å². The molecule has 0 radical (unpaired) electrons. The number of piperidine rings is 1. The van der Waals surface area contributed by atoms with E-state index in [9.17, 15) is 9.59 Å². The number of carbonyl (C=O) groups excluding carboxylic acids is 2. The molecule has 106 valence electrons. The average Bonchev–Trinajstić information content (AvgIpc) is 3.00. The maximum absolute atomic E-state index is 12.2. The number of cyclic esters (lactones) is 1. The number of hydrogen-bond acceptors (Lipinski definition) is 3. The van der Waals surface area contributed by atoms with Gasteiger partial charge in [0.15, 0.2) is 0 Å². The largest absolute Gasteiger partial charge is 0.465 e. The van der Waals surface area contributed by atoms with Crippen LogP contribution in [0.2, 0.25) is 0 Å². The molecule has 3 fully saturated rings. The summed E-state index contributed by atoms with van der Waals surface area (Å²) in [6.07, 6.45) is 8.73. The van der Waals surface area contributed by atoms with Crippen LogP contribution in [0.15, 0.2) is 0 Å². The zero-order valence-electron chi connectivity index (χ0n) is 11.5. The van der Waals surface area contributed by atoms with Gasteiger partial charge in [-0.2, -0.15) is 0 Å². The summed E-state index contributed by atoms with van der Waals surface area (Å²) in [5, 5.41) is 0. The fourth-order valence-corrected chi connectivity index (χ4v) is 3.93. The molecule has 1 spiro atoms. The van der Waals surface area contributed by atoms with E-state index in [1.54, 1.807) is 0 Å². The highest BCUT2D eigenvalue weighted by molar-refractivity contribution is 5.78. The van der Waals surface area contributed by atoms with Gasteiger partial charge in [0.2, 0.25) is 5.91 Å². The van der Waals surface area contributed by atoms with E-state index in [1.807, 2.05) is 4.90 Å². The molecule has 0 aromatic rings. The summed E-state index contributed by atoms with van der Waals surface area (Å²) >= 11 is 0. The fraction of sp³-hybridized carbons (Fsp3) is 0.867. The van der Waals surface area contributed by atoms with Crippen LogP contribution in [0.5, 0.6) is 0 Å². The summed E-state index contributed by atoms with van der Waals surface area (Å²) < 4.78 is 4.92. The first-order chi connectivity index (χ1) is 9.17. The topological polar surface area (TPSA) is 46.6 Å². The summed E-state index contributed by atoms with van der Waals surface area (Å²) in [5.74, 6) is 0.180. The van der Waals surface area contributed by atoms with E-state index in [0.717, 1.165) is 13.1 Å². The van der Waals surface area contributed by atoms with Crippen molar-refractivity contribution in [2.24, 2.45) is 11.3 Å². The van der Waals surface area contributed by atoms with E-state index in [2.05, 4.69) is 0 Å². The third-order valence-electron chi connectivity index (χ3n) is 5.24. The van der Waals surface area contributed by atoms with Crippen LogP contribution in [0, 0.1) is 11.3 Å². The van der Waals surface area contributed by atoms with Crippen molar-refractivity contribution in [1.29, 1.82) is 0 Å². The van der Waals surface area contributed by atoms with Gasteiger partial charge in [0, 0.05) is 25.4 Å². The minimum absolute atomic E-state index is 0.113. The Morgan fingerprint density at radius 1 is 1.21 bits per heavy atom. The predicted molar refractivity (Wildman–Crippen MR) is 70.4 cm³/mol. The van der Waals surface area contributed by atoms with Crippen molar-refractivity contribution < 1.29 is 14.3 Å². The molecule has 2 aliphatic heterocycles. The van der Waals surface area contributed by atoms with Crippen molar-refractivity contribution in [3.05, 3.63) is 0 Å². The molecular weight excluding hydrogens is 242 g/mol. The Morgan fingerprint density at radius 3 is 2.47 bits per heavy atom. The van der Waals surface area contributed by atoms with Crippen molar-refractivity contribution in [3.8, 4) is 0 Å². The number of likely N-dealkylation sites (tertiary alicyclic amines) is 1. The van der Waals surface area contributed by atoms with Crippen molar-refractivity contribution in [2.75, 3.05) is 19.7 Å². The van der Waals surface area contributed by atoms with Gasteiger partial charge in [0.25, 0.3) is 0 Å². The van der Waals surface area contributed by atoms with Gasteiger partial charge in [0.05, 0.1) is 13.0 Å². The van der Waals surface area contributed by atoms with Crippen LogP contribution in [0.3, 0.4) is 0 Å². The molecule has 2 saturated heterocycles. The Kier molecular flexibility index (Phi) is 3.50. The number of rotatable bonds is 2. The van der Waals surface area contributed by atoms with E-state index in [4.69, 9.17) is 4.74 Å². The van der Waals surface area contributed by atoms with Crippen LogP contribution >= 0.6 is 0 Å². The third-order valence-corrected chi connectivity index (χ3v) is 5.24. The molecule has 2 heterocycles. The molecule has 0 unspecified atom stereocenters. The Morgan fingerprint density at radius 2 is 1.89 bits per heavy atom. The van der Waals surface area contributed by atoms with E-state index in [0.29, 0.717) is 24.9 Å². The molecule has 1 amide bonds. The molecule has 4 heteroatoms. The van der Waals surface area contributed by atoms with Crippen molar-refractivity contribution in [1.82, 2.24) is 4.90 Å². The lowest BCUT2D eigenvalue weighted by atomic mass is 9.77. The van der Waals surface area contributed by atoms with Crippen LogP contribution in [0.1, 0.15) is 51.4 Å². The molecule has 1 saturated carbocycles. The first kappa shape index (κ1) is 12.9. The second kappa shape index (κ2) is 5.14. The molecule has 3 aliphatic rings. The quantitative estimate of drug-likeness (QED) is 0.718. The van der Waals surface area contributed by atoms with Gasteiger partial charge in [-0.25, -0.2) is 0 Å². The van der Waals surface area contributed by atoms with Crippen molar-refractivity contribution >= 4 is 11.9 Å². The number of ether oxygens (including phenoxy) is 1. The van der Waals surface area contributed by atoms with Gasteiger partial charge in [-0.3, -0.25) is 9.59 Å². The van der Waals surface area contributed by atoms with Gasteiger partial charge < -0.3 is 9.64 Å². The third kappa shape index (κ3) is 2.77. The predicted octanol–water partition coefficient (Wildman–Crippen LogP) is 2.12. The highest BCUT2D eigenvalue weighted by atomic mass is 16.5. The smallest absolute Gasteiger partial charge is 0.306 e. The van der Waals surface area contributed by atoms with Crippen LogP contribution in [-0.2, 0) is 14.3 Å². The van der Waals surface area contributed by atoms with Crippen molar-refractivity contribution in [2.45, 2.75) is 51.4 Å². The minimum Gasteiger partial charge on any atom is -0.465 e. The molecule has 0 bridgehead atoms. The van der Waals surface area contributed by atoms with Gasteiger partial charge >= 0.3 is 5.97 Å².